The number of nitrogens with zero attached hydrogens (tertiary/aromatic N) is 1. The molecule has 4 rings (SSSR count). The molecule has 7 heteroatoms. The maximum absolute atomic E-state index is 13.2. The lowest BCUT2D eigenvalue weighted by atomic mass is 10.0. The molecule has 0 aromatic heterocycles. The van der Waals surface area contributed by atoms with Crippen molar-refractivity contribution >= 4 is 27.7 Å². The summed E-state index contributed by atoms with van der Waals surface area (Å²) < 4.78 is 6.07. The number of rotatable bonds is 5. The molecule has 1 saturated heterocycles. The van der Waals surface area contributed by atoms with Crippen LogP contribution in [-0.2, 0) is 0 Å². The number of β-amino-alcohol motifs (C(OH)–C–C–N with tert-alkyl or cyclic N) is 1. The zero-order valence-electron chi connectivity index (χ0n) is 18.1. The van der Waals surface area contributed by atoms with Gasteiger partial charge in [0.1, 0.15) is 5.75 Å². The van der Waals surface area contributed by atoms with Crippen molar-refractivity contribution < 1.29 is 19.4 Å². The summed E-state index contributed by atoms with van der Waals surface area (Å²) in [7, 11) is 1.55. The first-order chi connectivity index (χ1) is 15.0. The van der Waals surface area contributed by atoms with Crippen molar-refractivity contribution in [1.82, 2.24) is 10.2 Å². The van der Waals surface area contributed by atoms with Crippen LogP contribution in [0.3, 0.4) is 0 Å². The van der Waals surface area contributed by atoms with Gasteiger partial charge in [-0.15, -0.1) is 0 Å². The molecule has 0 bridgehead atoms. The highest BCUT2D eigenvalue weighted by molar-refractivity contribution is 9.10. The topological polar surface area (TPSA) is 78.9 Å². The van der Waals surface area contributed by atoms with Crippen LogP contribution in [0.15, 0.2) is 46.9 Å². The second-order valence-corrected chi connectivity index (χ2v) is 8.44. The number of carbonyl (C=O) groups excluding carboxylic acids is 2. The van der Waals surface area contributed by atoms with Gasteiger partial charge < -0.3 is 20.1 Å². The number of hydrogen-bond acceptors (Lipinski definition) is 4. The van der Waals surface area contributed by atoms with Crippen molar-refractivity contribution in [2.24, 2.45) is 0 Å². The molecule has 0 spiro atoms. The highest BCUT2D eigenvalue weighted by Gasteiger charge is 2.36. The number of ether oxygens (including phenoxy) is 1. The number of hydrogen-bond donors (Lipinski definition) is 2. The fourth-order valence-corrected chi connectivity index (χ4v) is 4.10. The summed E-state index contributed by atoms with van der Waals surface area (Å²) in [5.74, 6) is 0.305. The van der Waals surface area contributed by atoms with Crippen LogP contribution in [0.4, 0.5) is 0 Å². The van der Waals surface area contributed by atoms with E-state index in [2.05, 4.69) is 21.2 Å². The normalized spacial score (nSPS) is 20.0. The molecular weight excluding hydrogens is 460 g/mol. The van der Waals surface area contributed by atoms with E-state index in [1.54, 1.807) is 36.3 Å². The number of halogens is 1. The molecule has 2 unspecified atom stereocenters. The summed E-state index contributed by atoms with van der Waals surface area (Å²) in [5, 5.41) is 13.3. The number of methoxy groups -OCH3 is 1. The lowest BCUT2D eigenvalue weighted by Gasteiger charge is -2.25. The number of aliphatic hydroxyl groups is 1. The van der Waals surface area contributed by atoms with Crippen LogP contribution in [0.2, 0.25) is 0 Å². The first-order valence-electron chi connectivity index (χ1n) is 10.7. The number of amides is 2. The van der Waals surface area contributed by atoms with Gasteiger partial charge >= 0.3 is 0 Å². The predicted molar refractivity (Wildman–Crippen MR) is 123 cm³/mol. The Morgan fingerprint density at radius 3 is 2.55 bits per heavy atom. The lowest BCUT2D eigenvalue weighted by molar-refractivity contribution is 0.0715. The van der Waals surface area contributed by atoms with E-state index < -0.39 is 6.10 Å². The Labute approximate surface area is 191 Å². The molecule has 2 fully saturated rings. The van der Waals surface area contributed by atoms with E-state index in [1.807, 2.05) is 32.0 Å². The van der Waals surface area contributed by atoms with Crippen molar-refractivity contribution in [3.8, 4) is 5.75 Å². The number of nitrogens with one attached hydrogen (secondary N) is 1. The fourth-order valence-electron chi connectivity index (χ4n) is 3.70. The quantitative estimate of drug-likeness (QED) is 0.656. The van der Waals surface area contributed by atoms with Gasteiger partial charge in [-0.3, -0.25) is 9.59 Å². The van der Waals surface area contributed by atoms with Crippen LogP contribution in [0.1, 0.15) is 65.4 Å². The van der Waals surface area contributed by atoms with Gasteiger partial charge in [-0.2, -0.15) is 0 Å². The number of aliphatic hydroxyl groups excluding tert-OH is 1. The van der Waals surface area contributed by atoms with Gasteiger partial charge in [0.15, 0.2) is 0 Å². The average molecular weight is 489 g/mol. The molecule has 2 aliphatic rings. The highest BCUT2D eigenvalue weighted by atomic mass is 79.9. The summed E-state index contributed by atoms with van der Waals surface area (Å²) in [4.78, 5) is 27.3. The summed E-state index contributed by atoms with van der Waals surface area (Å²) >= 11 is 3.40. The molecule has 31 heavy (non-hydrogen) atoms. The van der Waals surface area contributed by atoms with Crippen molar-refractivity contribution in [2.75, 3.05) is 13.7 Å². The number of benzene rings is 2. The third-order valence-corrected chi connectivity index (χ3v) is 6.04. The van der Waals surface area contributed by atoms with E-state index >= 15 is 0 Å². The third-order valence-electron chi connectivity index (χ3n) is 5.38. The lowest BCUT2D eigenvalue weighted by Crippen LogP contribution is -2.32. The average Bonchev–Trinajstić information content (AvgIpc) is 3.53. The van der Waals surface area contributed by atoms with Gasteiger partial charge in [0, 0.05) is 23.7 Å². The highest BCUT2D eigenvalue weighted by Crippen LogP contribution is 2.35. The van der Waals surface area contributed by atoms with Crippen LogP contribution in [-0.4, -0.2) is 47.6 Å². The molecular formula is C24H29BrN2O4. The Morgan fingerprint density at radius 2 is 1.87 bits per heavy atom. The van der Waals surface area contributed by atoms with Crippen molar-refractivity contribution in [3.63, 3.8) is 0 Å². The van der Waals surface area contributed by atoms with Crippen LogP contribution >= 0.6 is 15.9 Å². The summed E-state index contributed by atoms with van der Waals surface area (Å²) in [6.07, 6.45) is 1.89. The molecule has 2 aromatic rings. The molecule has 1 saturated carbocycles. The number of carbonyl (C=O) groups is 2. The second-order valence-electron chi connectivity index (χ2n) is 7.59. The van der Waals surface area contributed by atoms with Gasteiger partial charge in [-0.25, -0.2) is 0 Å². The molecule has 1 heterocycles. The SMILES string of the molecule is CC.COc1cc(C(=O)N2CC(O)CC2c2cccc(C(=O)NC3CC3)c2)ccc1Br. The van der Waals surface area contributed by atoms with Crippen LogP contribution < -0.4 is 10.1 Å². The molecule has 1 aliphatic carbocycles. The van der Waals surface area contributed by atoms with Gasteiger partial charge in [0.2, 0.25) is 0 Å². The van der Waals surface area contributed by atoms with E-state index in [1.165, 1.54) is 0 Å². The Morgan fingerprint density at radius 1 is 1.13 bits per heavy atom. The zero-order chi connectivity index (χ0) is 22.5. The summed E-state index contributed by atoms with van der Waals surface area (Å²) in [5.41, 5.74) is 1.92. The Kier molecular flexibility index (Phi) is 7.73. The van der Waals surface area contributed by atoms with E-state index in [4.69, 9.17) is 4.74 Å². The van der Waals surface area contributed by atoms with E-state index in [0.29, 0.717) is 23.3 Å². The standard InChI is InChI=1S/C22H23BrN2O4.C2H6/c1-29-20-10-15(5-8-18(20)23)22(28)25-12-17(26)11-19(25)13-3-2-4-14(9-13)21(27)24-16-6-7-16;1-2/h2-5,8-10,16-17,19,26H,6-7,11-12H2,1H3,(H,24,27);1-2H3. The number of likely N-dealkylation sites (tertiary alicyclic amines) is 1. The zero-order valence-corrected chi connectivity index (χ0v) is 19.7. The molecule has 0 radical (unpaired) electrons. The first-order valence-corrected chi connectivity index (χ1v) is 11.5. The largest absolute Gasteiger partial charge is 0.496 e. The van der Waals surface area contributed by atoms with Crippen LogP contribution in [0.25, 0.3) is 0 Å². The molecule has 1 aliphatic heterocycles. The molecule has 6 nitrogen and oxygen atoms in total. The van der Waals surface area contributed by atoms with E-state index in [-0.39, 0.29) is 30.4 Å². The minimum Gasteiger partial charge on any atom is -0.496 e. The first kappa shape index (κ1) is 23.3. The maximum atomic E-state index is 13.2. The Hall–Kier alpha value is -2.38. The van der Waals surface area contributed by atoms with Gasteiger partial charge in [0.25, 0.3) is 11.8 Å². The maximum Gasteiger partial charge on any atom is 0.254 e. The van der Waals surface area contributed by atoms with Crippen LogP contribution in [0, 0.1) is 0 Å². The molecule has 2 N–H and O–H groups in total. The third kappa shape index (κ3) is 5.46. The van der Waals surface area contributed by atoms with E-state index in [0.717, 1.165) is 22.9 Å². The summed E-state index contributed by atoms with van der Waals surface area (Å²) in [6, 6.07) is 12.5. The van der Waals surface area contributed by atoms with E-state index in [9.17, 15) is 14.7 Å². The van der Waals surface area contributed by atoms with Crippen molar-refractivity contribution in [1.29, 1.82) is 0 Å². The minimum absolute atomic E-state index is 0.0941. The van der Waals surface area contributed by atoms with Gasteiger partial charge in [0.05, 0.1) is 23.7 Å². The Balaban J connectivity index is 0.00000132. The van der Waals surface area contributed by atoms with Crippen LogP contribution in [0.5, 0.6) is 5.75 Å². The Bertz CT molecular complexity index is 945. The smallest absolute Gasteiger partial charge is 0.254 e. The van der Waals surface area contributed by atoms with Gasteiger partial charge in [-0.1, -0.05) is 26.0 Å². The summed E-state index contributed by atoms with van der Waals surface area (Å²) in [6.45, 7) is 4.25. The fraction of sp³-hybridized carbons (Fsp3) is 0.417. The second kappa shape index (κ2) is 10.3. The monoisotopic (exact) mass is 488 g/mol. The molecule has 166 valence electrons. The predicted octanol–water partition coefficient (Wildman–Crippen LogP) is 4.32. The minimum atomic E-state index is -0.606. The molecule has 2 atom stereocenters. The van der Waals surface area contributed by atoms with Crippen molar-refractivity contribution in [3.05, 3.63) is 63.6 Å². The molecule has 2 aromatic carbocycles. The molecule has 2 amide bonds. The van der Waals surface area contributed by atoms with Crippen molar-refractivity contribution in [2.45, 2.75) is 51.3 Å². The van der Waals surface area contributed by atoms with Gasteiger partial charge in [-0.05, 0) is 71.1 Å².